The first-order chi connectivity index (χ1) is 17.4. The first kappa shape index (κ1) is 25.6. The van der Waals surface area contributed by atoms with Crippen molar-refractivity contribution in [2.24, 2.45) is 0 Å². The van der Waals surface area contributed by atoms with Crippen LogP contribution in [0.15, 0.2) is 78.9 Å². The lowest BCUT2D eigenvalue weighted by Gasteiger charge is -2.38. The highest BCUT2D eigenvalue weighted by molar-refractivity contribution is 5.83. The minimum Gasteiger partial charge on any atom is -0.389 e. The number of amides is 2. The molecule has 4 rings (SSSR count). The molecular formula is C30H35N3O3. The largest absolute Gasteiger partial charge is 0.389 e. The lowest BCUT2D eigenvalue weighted by molar-refractivity contribution is -0.141. The summed E-state index contributed by atoms with van der Waals surface area (Å²) in [6, 6.07) is 25.0. The van der Waals surface area contributed by atoms with E-state index in [0.717, 1.165) is 28.7 Å². The number of carbonyl (C=O) groups excluding carboxylic acids is 2. The topological polar surface area (TPSA) is 81.7 Å². The molecule has 1 heterocycles. The Balaban J connectivity index is 1.51. The highest BCUT2D eigenvalue weighted by Gasteiger charge is 2.38. The zero-order valence-electron chi connectivity index (χ0n) is 21.0. The van der Waals surface area contributed by atoms with Gasteiger partial charge in [0.05, 0.1) is 12.1 Å². The predicted molar refractivity (Wildman–Crippen MR) is 142 cm³/mol. The van der Waals surface area contributed by atoms with Crippen LogP contribution in [0.25, 0.3) is 11.1 Å². The van der Waals surface area contributed by atoms with Crippen LogP contribution in [0.5, 0.6) is 0 Å². The van der Waals surface area contributed by atoms with E-state index in [-0.39, 0.29) is 11.8 Å². The summed E-state index contributed by atoms with van der Waals surface area (Å²) in [4.78, 5) is 27.1. The number of hydrogen-bond acceptors (Lipinski definition) is 4. The van der Waals surface area contributed by atoms with Gasteiger partial charge in [0.25, 0.3) is 0 Å². The predicted octanol–water partition coefficient (Wildman–Crippen LogP) is 3.32. The Morgan fingerprint density at radius 2 is 1.64 bits per heavy atom. The number of aliphatic hydroxyl groups excluding tert-OH is 1. The van der Waals surface area contributed by atoms with E-state index in [1.807, 2.05) is 42.5 Å². The second-order valence-corrected chi connectivity index (χ2v) is 9.43. The summed E-state index contributed by atoms with van der Waals surface area (Å²) in [5, 5.41) is 17.4. The highest BCUT2D eigenvalue weighted by Crippen LogP contribution is 2.23. The Hall–Kier alpha value is -3.48. The average molecular weight is 486 g/mol. The molecule has 1 fully saturated rings. The molecule has 1 aliphatic heterocycles. The summed E-state index contributed by atoms with van der Waals surface area (Å²) >= 11 is 0. The molecule has 1 saturated heterocycles. The van der Waals surface area contributed by atoms with Crippen LogP contribution < -0.4 is 10.6 Å². The molecule has 0 spiro atoms. The summed E-state index contributed by atoms with van der Waals surface area (Å²) in [5.74, 6) is -0.395. The quantitative estimate of drug-likeness (QED) is 0.434. The van der Waals surface area contributed by atoms with E-state index < -0.39 is 18.2 Å². The van der Waals surface area contributed by atoms with Crippen molar-refractivity contribution in [3.05, 3.63) is 95.6 Å². The van der Waals surface area contributed by atoms with Crippen molar-refractivity contribution in [2.75, 3.05) is 13.1 Å². The molecule has 188 valence electrons. The Bertz CT molecular complexity index is 1180. The van der Waals surface area contributed by atoms with E-state index in [1.54, 1.807) is 4.90 Å². The molecule has 0 unspecified atom stereocenters. The highest BCUT2D eigenvalue weighted by atomic mass is 16.3. The fraction of sp³-hybridized carbons (Fsp3) is 0.333. The smallest absolute Gasteiger partial charge is 0.242 e. The van der Waals surface area contributed by atoms with Crippen molar-refractivity contribution in [2.45, 2.75) is 51.4 Å². The number of benzene rings is 3. The monoisotopic (exact) mass is 485 g/mol. The van der Waals surface area contributed by atoms with Crippen molar-refractivity contribution in [3.63, 3.8) is 0 Å². The van der Waals surface area contributed by atoms with Crippen molar-refractivity contribution < 1.29 is 14.7 Å². The second kappa shape index (κ2) is 12.0. The first-order valence-electron chi connectivity index (χ1n) is 12.6. The number of hydrogen-bond donors (Lipinski definition) is 3. The van der Waals surface area contributed by atoms with Crippen LogP contribution in [0, 0.1) is 0 Å². The Labute approximate surface area is 213 Å². The van der Waals surface area contributed by atoms with Gasteiger partial charge in [-0.2, -0.15) is 0 Å². The number of carbonyl (C=O) groups is 2. The van der Waals surface area contributed by atoms with Gasteiger partial charge in [-0.3, -0.25) is 9.59 Å². The van der Waals surface area contributed by atoms with Gasteiger partial charge in [0.1, 0.15) is 6.04 Å². The van der Waals surface area contributed by atoms with Gasteiger partial charge in [0.15, 0.2) is 0 Å². The Morgan fingerprint density at radius 3 is 2.31 bits per heavy atom. The van der Waals surface area contributed by atoms with Gasteiger partial charge in [-0.05, 0) is 40.7 Å². The van der Waals surface area contributed by atoms with Crippen LogP contribution in [0.2, 0.25) is 0 Å². The van der Waals surface area contributed by atoms with Crippen molar-refractivity contribution in [1.29, 1.82) is 0 Å². The zero-order valence-corrected chi connectivity index (χ0v) is 21.0. The lowest BCUT2D eigenvalue weighted by Crippen LogP contribution is -2.63. The summed E-state index contributed by atoms with van der Waals surface area (Å²) in [7, 11) is 0. The van der Waals surface area contributed by atoms with Crippen LogP contribution in [-0.2, 0) is 29.0 Å². The van der Waals surface area contributed by atoms with E-state index in [0.29, 0.717) is 26.1 Å². The molecule has 3 aromatic carbocycles. The minimum atomic E-state index is -1.08. The van der Waals surface area contributed by atoms with E-state index in [1.165, 1.54) is 12.5 Å². The Morgan fingerprint density at radius 1 is 1.00 bits per heavy atom. The van der Waals surface area contributed by atoms with Gasteiger partial charge in [-0.15, -0.1) is 0 Å². The molecular weight excluding hydrogens is 450 g/mol. The summed E-state index contributed by atoms with van der Waals surface area (Å²) in [5.41, 5.74) is 5.51. The van der Waals surface area contributed by atoms with E-state index in [9.17, 15) is 14.7 Å². The number of rotatable bonds is 9. The molecule has 3 aromatic rings. The molecule has 0 saturated carbocycles. The maximum Gasteiger partial charge on any atom is 0.242 e. The molecule has 0 bridgehead atoms. The van der Waals surface area contributed by atoms with E-state index in [2.05, 4.69) is 54.0 Å². The molecule has 0 radical (unpaired) electrons. The third-order valence-corrected chi connectivity index (χ3v) is 6.73. The van der Waals surface area contributed by atoms with E-state index in [4.69, 9.17) is 0 Å². The molecule has 3 atom stereocenters. The number of nitrogens with zero attached hydrogens (tertiary/aromatic N) is 1. The van der Waals surface area contributed by atoms with Crippen LogP contribution in [0.1, 0.15) is 30.5 Å². The molecule has 6 nitrogen and oxygen atoms in total. The average Bonchev–Trinajstić information content (AvgIpc) is 2.90. The van der Waals surface area contributed by atoms with Crippen LogP contribution in [-0.4, -0.2) is 53.1 Å². The minimum absolute atomic E-state index is 0.155. The first-order valence-corrected chi connectivity index (χ1v) is 12.6. The van der Waals surface area contributed by atoms with Crippen LogP contribution in [0.3, 0.4) is 0 Å². The van der Waals surface area contributed by atoms with Crippen molar-refractivity contribution in [3.8, 4) is 11.1 Å². The normalized spacial score (nSPS) is 17.5. The molecule has 3 N–H and O–H groups in total. The van der Waals surface area contributed by atoms with Crippen molar-refractivity contribution >= 4 is 11.8 Å². The third kappa shape index (κ3) is 6.39. The van der Waals surface area contributed by atoms with Gasteiger partial charge in [-0.1, -0.05) is 85.8 Å². The van der Waals surface area contributed by atoms with Gasteiger partial charge >= 0.3 is 0 Å². The van der Waals surface area contributed by atoms with Gasteiger partial charge in [0, 0.05) is 26.6 Å². The molecule has 0 aliphatic carbocycles. The number of aryl methyl sites for hydroxylation is 1. The lowest BCUT2D eigenvalue weighted by atomic mass is 9.92. The maximum atomic E-state index is 13.3. The SMILES string of the molecule is CCc1cccc(-c2cccc(C[C@H](NC(C)=O)[C@H](O)[C@@H]3NCCN(Cc4ccccc4)C3=O)c2)c1. The van der Waals surface area contributed by atoms with Crippen molar-refractivity contribution in [1.82, 2.24) is 15.5 Å². The number of piperazine rings is 1. The fourth-order valence-corrected chi connectivity index (χ4v) is 4.83. The molecule has 1 aliphatic rings. The fourth-order valence-electron chi connectivity index (χ4n) is 4.83. The summed E-state index contributed by atoms with van der Waals surface area (Å²) in [6.07, 6.45) is 0.298. The van der Waals surface area contributed by atoms with E-state index >= 15 is 0 Å². The van der Waals surface area contributed by atoms with Gasteiger partial charge < -0.3 is 20.6 Å². The van der Waals surface area contributed by atoms with Gasteiger partial charge in [0.2, 0.25) is 11.8 Å². The molecule has 2 amide bonds. The summed E-state index contributed by atoms with van der Waals surface area (Å²) in [6.45, 7) is 5.21. The zero-order chi connectivity index (χ0) is 25.5. The second-order valence-electron chi connectivity index (χ2n) is 9.43. The van der Waals surface area contributed by atoms with Crippen LogP contribution in [0.4, 0.5) is 0 Å². The molecule has 6 heteroatoms. The third-order valence-electron chi connectivity index (χ3n) is 6.73. The van der Waals surface area contributed by atoms with Gasteiger partial charge in [-0.25, -0.2) is 0 Å². The summed E-state index contributed by atoms with van der Waals surface area (Å²) < 4.78 is 0. The number of aliphatic hydroxyl groups is 1. The standard InChI is InChI=1S/C30H35N3O3/c1-3-22-11-7-13-25(17-22)26-14-8-12-24(18-26)19-27(32-21(2)34)29(35)28-30(36)33(16-15-31-28)20-23-9-5-4-6-10-23/h4-14,17-18,27-29,31,35H,3,15-16,19-20H2,1-2H3,(H,32,34)/t27-,28-,29-/m0/s1. The molecule has 0 aromatic heterocycles. The Kier molecular flexibility index (Phi) is 8.52. The maximum absolute atomic E-state index is 13.3. The molecule has 36 heavy (non-hydrogen) atoms. The number of nitrogens with one attached hydrogen (secondary N) is 2. The van der Waals surface area contributed by atoms with Crippen LogP contribution >= 0.6 is 0 Å².